The second-order valence-corrected chi connectivity index (χ2v) is 5.63. The van der Waals surface area contributed by atoms with E-state index in [2.05, 4.69) is 16.8 Å². The highest BCUT2D eigenvalue weighted by molar-refractivity contribution is 5.91. The van der Waals surface area contributed by atoms with Crippen LogP contribution in [-0.2, 0) is 4.74 Å². The van der Waals surface area contributed by atoms with Crippen molar-refractivity contribution in [3.8, 4) is 0 Å². The van der Waals surface area contributed by atoms with Crippen molar-refractivity contribution in [2.75, 3.05) is 39.8 Å². The number of aryl methyl sites for hydroxylation is 1. The summed E-state index contributed by atoms with van der Waals surface area (Å²) in [6, 6.07) is 7.55. The minimum atomic E-state index is -0.218. The van der Waals surface area contributed by atoms with Crippen molar-refractivity contribution in [2.45, 2.75) is 20.0 Å². The summed E-state index contributed by atoms with van der Waals surface area (Å²) in [5.41, 5.74) is 1.63. The molecule has 0 unspecified atom stereocenters. The summed E-state index contributed by atoms with van der Waals surface area (Å²) >= 11 is 0. The first-order valence-corrected chi connectivity index (χ1v) is 7.24. The summed E-state index contributed by atoms with van der Waals surface area (Å²) in [5, 5.41) is 0. The van der Waals surface area contributed by atoms with E-state index in [1.165, 1.54) is 0 Å². The first-order chi connectivity index (χ1) is 9.56. The molecule has 1 aliphatic rings. The number of carbonyl (C=O) groups is 1. The van der Waals surface area contributed by atoms with Crippen LogP contribution >= 0.6 is 0 Å². The highest BCUT2D eigenvalue weighted by Gasteiger charge is 2.19. The van der Waals surface area contributed by atoms with Crippen LogP contribution in [0.3, 0.4) is 0 Å². The summed E-state index contributed by atoms with van der Waals surface area (Å²) < 4.78 is 5.55. The maximum Gasteiger partial charge on any atom is 0.338 e. The lowest BCUT2D eigenvalue weighted by molar-refractivity contribution is 0.0206. The Labute approximate surface area is 121 Å². The number of ether oxygens (including phenoxy) is 1. The second kappa shape index (κ2) is 6.86. The molecule has 1 aromatic carbocycles. The van der Waals surface area contributed by atoms with Gasteiger partial charge in [-0.3, -0.25) is 4.90 Å². The van der Waals surface area contributed by atoms with Crippen molar-refractivity contribution in [3.63, 3.8) is 0 Å². The van der Waals surface area contributed by atoms with E-state index in [-0.39, 0.29) is 12.1 Å². The summed E-state index contributed by atoms with van der Waals surface area (Å²) in [5.74, 6) is -0.218. The molecule has 0 radical (unpaired) electrons. The van der Waals surface area contributed by atoms with Crippen LogP contribution in [0.15, 0.2) is 24.3 Å². The molecule has 0 amide bonds. The van der Waals surface area contributed by atoms with Crippen LogP contribution in [0, 0.1) is 6.92 Å². The predicted octanol–water partition coefficient (Wildman–Crippen LogP) is 1.79. The number of likely N-dealkylation sites (N-methyl/N-ethyl adjacent to an activating group) is 1. The number of esters is 1. The minimum absolute atomic E-state index is 0.0782. The first-order valence-electron chi connectivity index (χ1n) is 7.24. The molecule has 1 aromatic rings. The van der Waals surface area contributed by atoms with E-state index in [9.17, 15) is 4.79 Å². The lowest BCUT2D eigenvalue weighted by Crippen LogP contribution is -2.47. The minimum Gasteiger partial charge on any atom is -0.458 e. The van der Waals surface area contributed by atoms with E-state index in [0.717, 1.165) is 38.3 Å². The van der Waals surface area contributed by atoms with Gasteiger partial charge in [-0.1, -0.05) is 18.2 Å². The van der Waals surface area contributed by atoms with E-state index < -0.39 is 0 Å². The Kier molecular flexibility index (Phi) is 5.15. The third kappa shape index (κ3) is 4.05. The molecular formula is C16H24N2O2. The third-order valence-electron chi connectivity index (χ3n) is 3.78. The van der Waals surface area contributed by atoms with Gasteiger partial charge in [0, 0.05) is 32.7 Å². The van der Waals surface area contributed by atoms with Crippen LogP contribution in [0.4, 0.5) is 0 Å². The number of nitrogens with zero attached hydrogens (tertiary/aromatic N) is 2. The SMILES string of the molecule is Cc1ccccc1C(=O)O[C@@H](C)CN1CCN(C)CC1. The molecule has 1 aliphatic heterocycles. The molecule has 0 aliphatic carbocycles. The largest absolute Gasteiger partial charge is 0.458 e. The molecule has 4 nitrogen and oxygen atoms in total. The lowest BCUT2D eigenvalue weighted by atomic mass is 10.1. The van der Waals surface area contributed by atoms with Gasteiger partial charge in [0.15, 0.2) is 0 Å². The Morgan fingerprint density at radius 1 is 1.25 bits per heavy atom. The average molecular weight is 276 g/mol. The van der Waals surface area contributed by atoms with Gasteiger partial charge in [0.1, 0.15) is 6.10 Å². The maximum atomic E-state index is 12.1. The van der Waals surface area contributed by atoms with E-state index in [0.29, 0.717) is 5.56 Å². The Morgan fingerprint density at radius 3 is 2.55 bits per heavy atom. The molecule has 1 heterocycles. The van der Waals surface area contributed by atoms with Gasteiger partial charge in [0.2, 0.25) is 0 Å². The Hall–Kier alpha value is -1.39. The molecular weight excluding hydrogens is 252 g/mol. The maximum absolute atomic E-state index is 12.1. The average Bonchev–Trinajstić information content (AvgIpc) is 2.41. The monoisotopic (exact) mass is 276 g/mol. The van der Waals surface area contributed by atoms with Crippen LogP contribution in [0.25, 0.3) is 0 Å². The standard InChI is InChI=1S/C16H24N2O2/c1-13-6-4-5-7-15(13)16(19)20-14(2)12-18-10-8-17(3)9-11-18/h4-7,14H,8-12H2,1-3H3/t14-/m0/s1. The fourth-order valence-corrected chi connectivity index (χ4v) is 2.48. The Balaban J connectivity index is 1.84. The molecule has 0 saturated carbocycles. The molecule has 2 rings (SSSR count). The Morgan fingerprint density at radius 2 is 1.90 bits per heavy atom. The quantitative estimate of drug-likeness (QED) is 0.785. The van der Waals surface area contributed by atoms with Crippen LogP contribution in [0.1, 0.15) is 22.8 Å². The van der Waals surface area contributed by atoms with Crippen molar-refractivity contribution in [1.29, 1.82) is 0 Å². The summed E-state index contributed by atoms with van der Waals surface area (Å²) in [6.45, 7) is 8.96. The fourth-order valence-electron chi connectivity index (χ4n) is 2.48. The first kappa shape index (κ1) is 15.0. The zero-order valence-electron chi connectivity index (χ0n) is 12.6. The zero-order valence-corrected chi connectivity index (χ0v) is 12.6. The van der Waals surface area contributed by atoms with Gasteiger partial charge < -0.3 is 9.64 Å². The third-order valence-corrected chi connectivity index (χ3v) is 3.78. The molecule has 110 valence electrons. The van der Waals surface area contributed by atoms with Crippen LogP contribution < -0.4 is 0 Å². The van der Waals surface area contributed by atoms with Crippen LogP contribution in [0.5, 0.6) is 0 Å². The number of hydrogen-bond donors (Lipinski definition) is 0. The van der Waals surface area contributed by atoms with Gasteiger partial charge >= 0.3 is 5.97 Å². The number of hydrogen-bond acceptors (Lipinski definition) is 4. The highest BCUT2D eigenvalue weighted by Crippen LogP contribution is 2.11. The normalized spacial score (nSPS) is 18.8. The van der Waals surface area contributed by atoms with E-state index in [4.69, 9.17) is 4.74 Å². The number of rotatable bonds is 4. The van der Waals surface area contributed by atoms with Crippen molar-refractivity contribution in [2.24, 2.45) is 0 Å². The second-order valence-electron chi connectivity index (χ2n) is 5.63. The van der Waals surface area contributed by atoms with Crippen molar-refractivity contribution in [1.82, 2.24) is 9.80 Å². The number of benzene rings is 1. The summed E-state index contributed by atoms with van der Waals surface area (Å²) in [7, 11) is 2.14. The molecule has 1 saturated heterocycles. The molecule has 20 heavy (non-hydrogen) atoms. The van der Waals surface area contributed by atoms with Gasteiger partial charge in [0.05, 0.1) is 5.56 Å². The van der Waals surface area contributed by atoms with E-state index in [1.807, 2.05) is 38.1 Å². The Bertz CT molecular complexity index is 454. The molecule has 0 bridgehead atoms. The van der Waals surface area contributed by atoms with Crippen molar-refractivity contribution < 1.29 is 9.53 Å². The molecule has 1 atom stereocenters. The van der Waals surface area contributed by atoms with Crippen molar-refractivity contribution in [3.05, 3.63) is 35.4 Å². The van der Waals surface area contributed by atoms with Crippen LogP contribution in [-0.4, -0.2) is 61.6 Å². The lowest BCUT2D eigenvalue weighted by Gasteiger charge is -2.33. The van der Waals surface area contributed by atoms with E-state index >= 15 is 0 Å². The zero-order chi connectivity index (χ0) is 14.5. The number of carbonyl (C=O) groups excluding carboxylic acids is 1. The summed E-state index contributed by atoms with van der Waals surface area (Å²) in [6.07, 6.45) is -0.0782. The highest BCUT2D eigenvalue weighted by atomic mass is 16.5. The van der Waals surface area contributed by atoms with Crippen molar-refractivity contribution >= 4 is 5.97 Å². The van der Waals surface area contributed by atoms with Gasteiger partial charge in [-0.05, 0) is 32.5 Å². The number of piperazine rings is 1. The fraction of sp³-hybridized carbons (Fsp3) is 0.562. The topological polar surface area (TPSA) is 32.8 Å². The molecule has 0 aromatic heterocycles. The van der Waals surface area contributed by atoms with Crippen LogP contribution in [0.2, 0.25) is 0 Å². The molecule has 4 heteroatoms. The molecule has 0 N–H and O–H groups in total. The smallest absolute Gasteiger partial charge is 0.338 e. The van der Waals surface area contributed by atoms with Gasteiger partial charge in [-0.2, -0.15) is 0 Å². The molecule has 1 fully saturated rings. The van der Waals surface area contributed by atoms with Gasteiger partial charge in [-0.25, -0.2) is 4.79 Å². The van der Waals surface area contributed by atoms with Gasteiger partial charge in [0.25, 0.3) is 0 Å². The summed E-state index contributed by atoms with van der Waals surface area (Å²) in [4.78, 5) is 16.8. The molecule has 0 spiro atoms. The van der Waals surface area contributed by atoms with Gasteiger partial charge in [-0.15, -0.1) is 0 Å². The van der Waals surface area contributed by atoms with E-state index in [1.54, 1.807) is 0 Å². The predicted molar refractivity (Wildman–Crippen MR) is 80.0 cm³/mol.